The van der Waals surface area contributed by atoms with Gasteiger partial charge in [0.25, 0.3) is 0 Å². The molecule has 8 nitrogen and oxygen atoms in total. The van der Waals surface area contributed by atoms with E-state index in [1.165, 1.54) is 5.56 Å². The molecular weight excluding hydrogens is 490 g/mol. The topological polar surface area (TPSA) is 71.6 Å². The second-order valence-corrected chi connectivity index (χ2v) is 12.0. The van der Waals surface area contributed by atoms with E-state index in [2.05, 4.69) is 44.0 Å². The first kappa shape index (κ1) is 27.4. The van der Waals surface area contributed by atoms with E-state index in [9.17, 15) is 9.59 Å². The summed E-state index contributed by atoms with van der Waals surface area (Å²) in [6.07, 6.45) is 0.398. The Hall–Kier alpha value is -2.62. The van der Waals surface area contributed by atoms with Crippen LogP contribution in [0.3, 0.4) is 0 Å². The Balaban J connectivity index is 1.50. The highest BCUT2D eigenvalue weighted by Crippen LogP contribution is 2.33. The standard InChI is InChI=1S/C28H39N3O5S/c1-21-7-14-37-25(21)18-31(17-22-5-6-23-24(15-22)36-20-35-23)27(33)19-30(26(32)16-28(2,3)4)9-8-29-10-12-34-13-11-29/h5-7,14-15H,8-13,16-20H2,1-4H3. The maximum absolute atomic E-state index is 13.8. The summed E-state index contributed by atoms with van der Waals surface area (Å²) in [6, 6.07) is 7.86. The minimum Gasteiger partial charge on any atom is -0.454 e. The normalized spacial score (nSPS) is 15.6. The number of carbonyl (C=O) groups is 2. The summed E-state index contributed by atoms with van der Waals surface area (Å²) in [6.45, 7) is 13.8. The lowest BCUT2D eigenvalue weighted by Crippen LogP contribution is -2.47. The molecule has 0 unspecified atom stereocenters. The number of morpholine rings is 1. The number of hydrogen-bond donors (Lipinski definition) is 0. The molecule has 1 fully saturated rings. The van der Waals surface area contributed by atoms with Gasteiger partial charge in [-0.3, -0.25) is 14.5 Å². The third-order valence-corrected chi connectivity index (χ3v) is 7.62. The van der Waals surface area contributed by atoms with E-state index in [1.807, 2.05) is 23.1 Å². The Kier molecular flexibility index (Phi) is 9.10. The van der Waals surface area contributed by atoms with E-state index in [4.69, 9.17) is 14.2 Å². The molecule has 2 aromatic rings. The molecule has 0 spiro atoms. The molecule has 2 aliphatic rings. The summed E-state index contributed by atoms with van der Waals surface area (Å²) in [5.41, 5.74) is 1.98. The molecule has 0 N–H and O–H groups in total. The third kappa shape index (κ3) is 7.93. The zero-order chi connectivity index (χ0) is 26.4. The molecule has 202 valence electrons. The Morgan fingerprint density at radius 2 is 1.76 bits per heavy atom. The minimum atomic E-state index is -0.155. The van der Waals surface area contributed by atoms with Crippen molar-refractivity contribution in [1.82, 2.24) is 14.7 Å². The molecule has 1 aromatic heterocycles. The Morgan fingerprint density at radius 3 is 2.46 bits per heavy atom. The third-order valence-electron chi connectivity index (χ3n) is 6.62. The van der Waals surface area contributed by atoms with Crippen LogP contribution in [0.2, 0.25) is 0 Å². The van der Waals surface area contributed by atoms with Gasteiger partial charge in [0.15, 0.2) is 11.5 Å². The Morgan fingerprint density at radius 1 is 1.00 bits per heavy atom. The van der Waals surface area contributed by atoms with Crippen LogP contribution in [0.5, 0.6) is 11.5 Å². The van der Waals surface area contributed by atoms with Crippen molar-refractivity contribution in [2.45, 2.75) is 47.2 Å². The average Bonchev–Trinajstić information content (AvgIpc) is 3.49. The molecule has 1 saturated heterocycles. The van der Waals surface area contributed by atoms with Crippen molar-refractivity contribution in [3.05, 3.63) is 45.6 Å². The van der Waals surface area contributed by atoms with Crippen LogP contribution in [0.1, 0.15) is 43.2 Å². The van der Waals surface area contributed by atoms with Crippen LogP contribution in [0.15, 0.2) is 29.6 Å². The predicted octanol–water partition coefficient (Wildman–Crippen LogP) is 3.91. The van der Waals surface area contributed by atoms with Crippen LogP contribution < -0.4 is 9.47 Å². The van der Waals surface area contributed by atoms with Gasteiger partial charge in [-0.25, -0.2) is 0 Å². The number of rotatable bonds is 10. The molecule has 37 heavy (non-hydrogen) atoms. The molecule has 4 rings (SSSR count). The second kappa shape index (κ2) is 12.3. The zero-order valence-corrected chi connectivity index (χ0v) is 23.3. The van der Waals surface area contributed by atoms with Crippen molar-refractivity contribution in [2.24, 2.45) is 5.41 Å². The number of fused-ring (bicyclic) bond motifs is 1. The maximum atomic E-state index is 13.8. The highest BCUT2D eigenvalue weighted by atomic mass is 32.1. The number of benzene rings is 1. The summed E-state index contributed by atoms with van der Waals surface area (Å²) in [4.78, 5) is 34.2. The van der Waals surface area contributed by atoms with E-state index in [-0.39, 0.29) is 30.6 Å². The number of hydrogen-bond acceptors (Lipinski definition) is 7. The lowest BCUT2D eigenvalue weighted by Gasteiger charge is -2.32. The first-order chi connectivity index (χ1) is 17.7. The number of nitrogens with zero attached hydrogens (tertiary/aromatic N) is 3. The van der Waals surface area contributed by atoms with Gasteiger partial charge in [-0.1, -0.05) is 26.8 Å². The smallest absolute Gasteiger partial charge is 0.242 e. The molecule has 0 atom stereocenters. The van der Waals surface area contributed by atoms with Gasteiger partial charge in [-0.05, 0) is 47.0 Å². The quantitative estimate of drug-likeness (QED) is 0.465. The molecule has 0 bridgehead atoms. The Labute approximate surface area is 224 Å². The number of carbonyl (C=O) groups excluding carboxylic acids is 2. The van der Waals surface area contributed by atoms with Gasteiger partial charge in [-0.2, -0.15) is 0 Å². The van der Waals surface area contributed by atoms with Crippen LogP contribution in [-0.2, 0) is 27.4 Å². The fraction of sp³-hybridized carbons (Fsp3) is 0.571. The molecule has 9 heteroatoms. The summed E-state index contributed by atoms with van der Waals surface area (Å²) in [7, 11) is 0. The summed E-state index contributed by atoms with van der Waals surface area (Å²) in [5.74, 6) is 1.38. The monoisotopic (exact) mass is 529 g/mol. The van der Waals surface area contributed by atoms with Crippen LogP contribution in [0.25, 0.3) is 0 Å². The molecular formula is C28H39N3O5S. The van der Waals surface area contributed by atoms with E-state index >= 15 is 0 Å². The maximum Gasteiger partial charge on any atom is 0.242 e. The summed E-state index contributed by atoms with van der Waals surface area (Å²) >= 11 is 1.65. The summed E-state index contributed by atoms with van der Waals surface area (Å²) in [5, 5.41) is 2.05. The van der Waals surface area contributed by atoms with Gasteiger partial charge < -0.3 is 24.0 Å². The number of ether oxygens (including phenoxy) is 3. The molecule has 0 saturated carbocycles. The van der Waals surface area contributed by atoms with Crippen molar-refractivity contribution >= 4 is 23.2 Å². The van der Waals surface area contributed by atoms with Gasteiger partial charge >= 0.3 is 0 Å². The number of aryl methyl sites for hydroxylation is 1. The van der Waals surface area contributed by atoms with Crippen molar-refractivity contribution in [2.75, 3.05) is 52.7 Å². The fourth-order valence-corrected chi connectivity index (χ4v) is 5.36. The number of thiophene rings is 1. The lowest BCUT2D eigenvalue weighted by atomic mass is 9.91. The van der Waals surface area contributed by atoms with Crippen molar-refractivity contribution in [3.8, 4) is 11.5 Å². The van der Waals surface area contributed by atoms with E-state index < -0.39 is 0 Å². The molecule has 1 aromatic carbocycles. The van der Waals surface area contributed by atoms with Gasteiger partial charge in [0.05, 0.1) is 26.3 Å². The summed E-state index contributed by atoms with van der Waals surface area (Å²) < 4.78 is 16.5. The zero-order valence-electron chi connectivity index (χ0n) is 22.5. The molecule has 0 radical (unpaired) electrons. The van der Waals surface area contributed by atoms with Crippen molar-refractivity contribution < 1.29 is 23.8 Å². The van der Waals surface area contributed by atoms with Gasteiger partial charge in [0.2, 0.25) is 18.6 Å². The molecule has 3 heterocycles. The fourth-order valence-electron chi connectivity index (χ4n) is 4.44. The second-order valence-electron chi connectivity index (χ2n) is 11.0. The Bertz CT molecular complexity index is 1070. The van der Waals surface area contributed by atoms with Gasteiger partial charge in [-0.15, -0.1) is 11.3 Å². The first-order valence-corrected chi connectivity index (χ1v) is 13.8. The largest absolute Gasteiger partial charge is 0.454 e. The van der Waals surface area contributed by atoms with E-state index in [1.54, 1.807) is 16.2 Å². The highest BCUT2D eigenvalue weighted by Gasteiger charge is 2.27. The molecule has 2 amide bonds. The predicted molar refractivity (Wildman–Crippen MR) is 144 cm³/mol. The van der Waals surface area contributed by atoms with Crippen molar-refractivity contribution in [1.29, 1.82) is 0 Å². The highest BCUT2D eigenvalue weighted by molar-refractivity contribution is 7.10. The van der Waals surface area contributed by atoms with Gasteiger partial charge in [0, 0.05) is 44.0 Å². The SMILES string of the molecule is Cc1ccsc1CN(Cc1ccc2c(c1)OCO2)C(=O)CN(CCN1CCOCC1)C(=O)CC(C)(C)C. The first-order valence-electron chi connectivity index (χ1n) is 12.9. The minimum absolute atomic E-state index is 0.0180. The van der Waals surface area contributed by atoms with Crippen LogP contribution in [-0.4, -0.2) is 79.2 Å². The van der Waals surface area contributed by atoms with Crippen LogP contribution in [0.4, 0.5) is 0 Å². The van der Waals surface area contributed by atoms with Crippen LogP contribution in [0, 0.1) is 12.3 Å². The lowest BCUT2D eigenvalue weighted by molar-refractivity contribution is -0.142. The molecule has 2 aliphatic heterocycles. The van der Waals surface area contributed by atoms with Gasteiger partial charge in [0.1, 0.15) is 0 Å². The van der Waals surface area contributed by atoms with E-state index in [0.717, 1.165) is 35.8 Å². The number of amides is 2. The van der Waals surface area contributed by atoms with Crippen LogP contribution >= 0.6 is 11.3 Å². The van der Waals surface area contributed by atoms with Crippen molar-refractivity contribution in [3.63, 3.8) is 0 Å². The molecule has 0 aliphatic carbocycles. The average molecular weight is 530 g/mol. The van der Waals surface area contributed by atoms with E-state index in [0.29, 0.717) is 45.0 Å².